The highest BCUT2D eigenvalue weighted by Gasteiger charge is 2.53. The maximum atomic E-state index is 15.0. The summed E-state index contributed by atoms with van der Waals surface area (Å²) in [6.45, 7) is 10.8. The monoisotopic (exact) mass is 764 g/mol. The van der Waals surface area contributed by atoms with Gasteiger partial charge in [-0.15, -0.1) is 0 Å². The van der Waals surface area contributed by atoms with E-state index in [0.29, 0.717) is 23.3 Å². The molecule has 6 fully saturated rings. The predicted molar refractivity (Wildman–Crippen MR) is 206 cm³/mol. The van der Waals surface area contributed by atoms with Gasteiger partial charge in [0, 0.05) is 62.3 Å². The van der Waals surface area contributed by atoms with Crippen LogP contribution in [0, 0.1) is 23.6 Å². The molecule has 5 aliphatic heterocycles. The molecule has 2 amide bonds. The van der Waals surface area contributed by atoms with Crippen LogP contribution in [0.2, 0.25) is 0 Å². The average molecular weight is 765 g/mol. The highest BCUT2D eigenvalue weighted by Crippen LogP contribution is 2.51. The van der Waals surface area contributed by atoms with Crippen LogP contribution in [-0.2, 0) is 24.8 Å². The van der Waals surface area contributed by atoms with Crippen molar-refractivity contribution in [3.05, 3.63) is 59.9 Å². The van der Waals surface area contributed by atoms with E-state index in [1.807, 2.05) is 18.2 Å². The fraction of sp³-hybridized carbons (Fsp3) is 0.659. The number of nitrogens with one attached hydrogen (secondary N) is 1. The summed E-state index contributed by atoms with van der Waals surface area (Å²) in [4.78, 5) is 36.5. The first-order chi connectivity index (χ1) is 26.1. The molecule has 5 heterocycles. The number of carbonyl (C=O) groups excluding carboxylic acids is 2. The molecule has 0 spiro atoms. The Morgan fingerprint density at radius 1 is 0.852 bits per heavy atom. The molecular formula is C41H57FN6O5S. The summed E-state index contributed by atoms with van der Waals surface area (Å²) in [7, 11) is -2.06. The fourth-order valence-corrected chi connectivity index (χ4v) is 12.0. The Morgan fingerprint density at radius 3 is 2.19 bits per heavy atom. The normalized spacial score (nSPS) is 26.0. The molecule has 2 aromatic rings. The van der Waals surface area contributed by atoms with Crippen LogP contribution >= 0.6 is 0 Å². The second kappa shape index (κ2) is 15.7. The SMILES string of the molecule is COC(=O)N[C@H]1CCC[C@@H]1[C@](CN1CCC1)(c1cccc(F)c1)C1CCN(CC2CN(c3ccc(S(=O)(=O)C4CN(C(=O)CN5CCC5)C4)cc3)C2)CC1. The largest absolute Gasteiger partial charge is 0.453 e. The number of hydrogen-bond acceptors (Lipinski definition) is 9. The van der Waals surface area contributed by atoms with Crippen LogP contribution < -0.4 is 10.2 Å². The van der Waals surface area contributed by atoms with Gasteiger partial charge in [-0.05, 0) is 132 Å². The van der Waals surface area contributed by atoms with E-state index in [9.17, 15) is 22.4 Å². The number of halogens is 1. The molecule has 1 N–H and O–H groups in total. The minimum Gasteiger partial charge on any atom is -0.453 e. The molecule has 5 saturated heterocycles. The predicted octanol–water partition coefficient (Wildman–Crippen LogP) is 3.83. The minimum absolute atomic E-state index is 0.00537. The number of methoxy groups -OCH3 is 1. The Balaban J connectivity index is 0.869. The van der Waals surface area contributed by atoms with Gasteiger partial charge in [0.05, 0.1) is 18.6 Å². The number of alkyl carbamates (subject to hydrolysis) is 1. The third-order valence-corrected chi connectivity index (χ3v) is 15.8. The molecule has 0 aromatic heterocycles. The number of benzene rings is 2. The molecule has 1 saturated carbocycles. The van der Waals surface area contributed by atoms with Crippen LogP contribution in [0.1, 0.15) is 50.5 Å². The summed E-state index contributed by atoms with van der Waals surface area (Å²) < 4.78 is 46.6. The summed E-state index contributed by atoms with van der Waals surface area (Å²) in [5, 5.41) is 2.65. The number of carbonyl (C=O) groups is 2. The molecule has 11 nitrogen and oxygen atoms in total. The highest BCUT2D eigenvalue weighted by atomic mass is 32.2. The van der Waals surface area contributed by atoms with Gasteiger partial charge in [0.2, 0.25) is 5.91 Å². The van der Waals surface area contributed by atoms with E-state index in [0.717, 1.165) is 115 Å². The van der Waals surface area contributed by atoms with Crippen LogP contribution in [0.5, 0.6) is 0 Å². The lowest BCUT2D eigenvalue weighted by Crippen LogP contribution is -2.60. The van der Waals surface area contributed by atoms with Gasteiger partial charge in [0.25, 0.3) is 0 Å². The molecule has 54 heavy (non-hydrogen) atoms. The summed E-state index contributed by atoms with van der Waals surface area (Å²) >= 11 is 0. The van der Waals surface area contributed by atoms with Crippen molar-refractivity contribution in [1.82, 2.24) is 24.9 Å². The zero-order chi connectivity index (χ0) is 37.5. The molecule has 294 valence electrons. The van der Waals surface area contributed by atoms with Crippen molar-refractivity contribution in [2.45, 2.75) is 66.5 Å². The molecule has 13 heteroatoms. The van der Waals surface area contributed by atoms with Crippen molar-refractivity contribution in [2.24, 2.45) is 17.8 Å². The molecular weight excluding hydrogens is 708 g/mol. The number of rotatable bonds is 13. The number of amides is 2. The molecule has 0 unspecified atom stereocenters. The van der Waals surface area contributed by atoms with Crippen molar-refractivity contribution in [3.63, 3.8) is 0 Å². The lowest BCUT2D eigenvalue weighted by Gasteiger charge is -2.54. The van der Waals surface area contributed by atoms with Crippen LogP contribution in [0.4, 0.5) is 14.9 Å². The third-order valence-electron chi connectivity index (χ3n) is 13.7. The summed E-state index contributed by atoms with van der Waals surface area (Å²) in [6, 6.07) is 14.6. The van der Waals surface area contributed by atoms with E-state index in [1.165, 1.54) is 13.5 Å². The van der Waals surface area contributed by atoms with Gasteiger partial charge in [0.1, 0.15) is 11.1 Å². The van der Waals surface area contributed by atoms with E-state index in [-0.39, 0.29) is 48.3 Å². The van der Waals surface area contributed by atoms with E-state index in [1.54, 1.807) is 29.2 Å². The summed E-state index contributed by atoms with van der Waals surface area (Å²) in [5.74, 6) is 0.930. The van der Waals surface area contributed by atoms with Crippen molar-refractivity contribution in [2.75, 3.05) is 97.1 Å². The number of hydrogen-bond donors (Lipinski definition) is 1. The maximum absolute atomic E-state index is 15.0. The number of anilines is 1. The fourth-order valence-electron chi connectivity index (χ4n) is 10.3. The Bertz CT molecular complexity index is 1750. The van der Waals surface area contributed by atoms with Gasteiger partial charge < -0.3 is 29.7 Å². The molecule has 1 aliphatic carbocycles. The van der Waals surface area contributed by atoms with Crippen molar-refractivity contribution >= 4 is 27.5 Å². The van der Waals surface area contributed by atoms with Crippen LogP contribution in [0.3, 0.4) is 0 Å². The van der Waals surface area contributed by atoms with Gasteiger partial charge in [-0.3, -0.25) is 9.69 Å². The second-order valence-electron chi connectivity index (χ2n) is 16.9. The van der Waals surface area contributed by atoms with Crippen LogP contribution in [0.15, 0.2) is 53.4 Å². The molecule has 2 aromatic carbocycles. The van der Waals surface area contributed by atoms with Gasteiger partial charge in [0.15, 0.2) is 9.84 Å². The van der Waals surface area contributed by atoms with Crippen LogP contribution in [0.25, 0.3) is 0 Å². The molecule has 8 rings (SSSR count). The Labute approximate surface area is 320 Å². The quantitative estimate of drug-likeness (QED) is 0.326. The average Bonchev–Trinajstić information content (AvgIpc) is 3.55. The number of likely N-dealkylation sites (tertiary alicyclic amines) is 4. The van der Waals surface area contributed by atoms with Crippen molar-refractivity contribution < 1.29 is 27.1 Å². The Hall–Kier alpha value is -3.26. The Morgan fingerprint density at radius 2 is 1.56 bits per heavy atom. The molecule has 6 aliphatic rings. The number of ether oxygens (including phenoxy) is 1. The van der Waals surface area contributed by atoms with Gasteiger partial charge in [-0.25, -0.2) is 17.6 Å². The van der Waals surface area contributed by atoms with Crippen molar-refractivity contribution in [1.29, 1.82) is 0 Å². The first kappa shape index (κ1) is 37.7. The zero-order valence-electron chi connectivity index (χ0n) is 31.7. The lowest BCUT2D eigenvalue weighted by molar-refractivity contribution is -0.136. The van der Waals surface area contributed by atoms with Gasteiger partial charge in [-0.2, -0.15) is 0 Å². The zero-order valence-corrected chi connectivity index (χ0v) is 32.5. The van der Waals surface area contributed by atoms with E-state index >= 15 is 0 Å². The van der Waals surface area contributed by atoms with E-state index in [2.05, 4.69) is 31.0 Å². The van der Waals surface area contributed by atoms with Gasteiger partial charge >= 0.3 is 6.09 Å². The number of piperidine rings is 1. The number of sulfone groups is 1. The standard InChI is InChI=1S/C41H57FN6O5S/c1-53-40(50)43-38-9-3-8-37(38)41(29-46-18-5-19-46,32-6-2-7-33(42)22-32)31-14-20-45(21-15-31)23-30-24-47(25-30)34-10-12-35(13-11-34)54(51,52)36-26-48(27-36)39(49)28-44-16-4-17-44/h2,6-7,10-13,22,30-31,36-38H,3-5,8-9,14-21,23-29H2,1H3,(H,43,50)/t37-,38-,41-/m0/s1. The van der Waals surface area contributed by atoms with Crippen molar-refractivity contribution in [3.8, 4) is 0 Å². The first-order valence-electron chi connectivity index (χ1n) is 20.3. The molecule has 3 atom stereocenters. The molecule has 0 radical (unpaired) electrons. The summed E-state index contributed by atoms with van der Waals surface area (Å²) in [5.41, 5.74) is 1.85. The van der Waals surface area contributed by atoms with E-state index < -0.39 is 15.1 Å². The maximum Gasteiger partial charge on any atom is 0.407 e. The summed E-state index contributed by atoms with van der Waals surface area (Å²) in [6.07, 6.45) is 6.94. The van der Waals surface area contributed by atoms with Crippen LogP contribution in [-0.4, -0.2) is 144 Å². The second-order valence-corrected chi connectivity index (χ2v) is 19.1. The smallest absolute Gasteiger partial charge is 0.407 e. The Kier molecular flexibility index (Phi) is 11.0. The van der Waals surface area contributed by atoms with Gasteiger partial charge in [-0.1, -0.05) is 18.6 Å². The topological polar surface area (TPSA) is 106 Å². The first-order valence-corrected chi connectivity index (χ1v) is 21.8. The molecule has 0 bridgehead atoms. The highest BCUT2D eigenvalue weighted by molar-refractivity contribution is 7.92. The lowest BCUT2D eigenvalue weighted by atomic mass is 9.57. The third kappa shape index (κ3) is 7.50. The number of nitrogens with zero attached hydrogens (tertiary/aromatic N) is 5. The van der Waals surface area contributed by atoms with E-state index in [4.69, 9.17) is 4.74 Å². The minimum atomic E-state index is -3.48.